The van der Waals surface area contributed by atoms with Crippen molar-refractivity contribution in [3.63, 3.8) is 0 Å². The van der Waals surface area contributed by atoms with E-state index in [0.29, 0.717) is 22.5 Å². The second kappa shape index (κ2) is 8.50. The molecule has 0 spiro atoms. The summed E-state index contributed by atoms with van der Waals surface area (Å²) in [6.45, 7) is 3.96. The Kier molecular flexibility index (Phi) is 5.83. The van der Waals surface area contributed by atoms with Gasteiger partial charge in [0.05, 0.1) is 11.3 Å². The number of hydrogen-bond donors (Lipinski definition) is 0. The van der Waals surface area contributed by atoms with Crippen molar-refractivity contribution in [2.45, 2.75) is 24.8 Å². The summed E-state index contributed by atoms with van der Waals surface area (Å²) < 4.78 is 0. The molecule has 3 aromatic rings. The molecule has 4 nitrogen and oxygen atoms in total. The highest BCUT2D eigenvalue weighted by molar-refractivity contribution is 8.00. The molecule has 0 unspecified atom stereocenters. The summed E-state index contributed by atoms with van der Waals surface area (Å²) in [4.78, 5) is 24.1. The molecule has 4 rings (SSSR count). The zero-order valence-electron chi connectivity index (χ0n) is 15.8. The second-order valence-electron chi connectivity index (χ2n) is 7.23. The average Bonchev–Trinajstić information content (AvgIpc) is 2.73. The maximum Gasteiger partial charge on any atom is 0.232 e. The van der Waals surface area contributed by atoms with Crippen LogP contribution in [0.3, 0.4) is 0 Å². The summed E-state index contributed by atoms with van der Waals surface area (Å²) in [5.74, 6) is 1.92. The number of carbonyl (C=O) groups is 1. The van der Waals surface area contributed by atoms with Crippen molar-refractivity contribution < 1.29 is 4.79 Å². The number of piperidine rings is 1. The van der Waals surface area contributed by atoms with Crippen molar-refractivity contribution in [2.24, 2.45) is 5.92 Å². The van der Waals surface area contributed by atoms with Crippen molar-refractivity contribution in [2.75, 3.05) is 18.8 Å². The molecule has 1 fully saturated rings. The Balaban J connectivity index is 1.61. The van der Waals surface area contributed by atoms with Crippen LogP contribution in [0.1, 0.15) is 19.8 Å². The van der Waals surface area contributed by atoms with Crippen LogP contribution in [-0.4, -0.2) is 39.6 Å². The van der Waals surface area contributed by atoms with E-state index in [-0.39, 0.29) is 5.91 Å². The molecule has 0 N–H and O–H groups in total. The molecule has 6 heteroatoms. The summed E-state index contributed by atoms with van der Waals surface area (Å²) in [5, 5.41) is 2.32. The highest BCUT2D eigenvalue weighted by Crippen LogP contribution is 2.30. The van der Waals surface area contributed by atoms with Gasteiger partial charge >= 0.3 is 0 Å². The zero-order valence-corrected chi connectivity index (χ0v) is 17.3. The Hall–Kier alpha value is -2.11. The number of thioether (sulfide) groups is 1. The fourth-order valence-electron chi connectivity index (χ4n) is 3.38. The van der Waals surface area contributed by atoms with Gasteiger partial charge in [-0.2, -0.15) is 0 Å². The van der Waals surface area contributed by atoms with Crippen LogP contribution >= 0.6 is 23.4 Å². The first-order valence-electron chi connectivity index (χ1n) is 9.53. The minimum Gasteiger partial charge on any atom is -0.342 e. The van der Waals surface area contributed by atoms with Crippen molar-refractivity contribution >= 4 is 40.2 Å². The monoisotopic (exact) mass is 411 g/mol. The van der Waals surface area contributed by atoms with E-state index in [0.717, 1.165) is 47.4 Å². The molecule has 1 saturated heterocycles. The highest BCUT2D eigenvalue weighted by atomic mass is 35.5. The van der Waals surface area contributed by atoms with E-state index in [1.165, 1.54) is 11.8 Å². The van der Waals surface area contributed by atoms with Gasteiger partial charge in [-0.3, -0.25) is 4.79 Å². The van der Waals surface area contributed by atoms with E-state index in [9.17, 15) is 4.79 Å². The third kappa shape index (κ3) is 4.31. The van der Waals surface area contributed by atoms with Crippen LogP contribution in [0, 0.1) is 5.92 Å². The van der Waals surface area contributed by atoms with Gasteiger partial charge in [-0.15, -0.1) is 0 Å². The third-order valence-corrected chi connectivity index (χ3v) is 6.33. The first kappa shape index (κ1) is 19.2. The van der Waals surface area contributed by atoms with Gasteiger partial charge in [-0.05, 0) is 37.0 Å². The Morgan fingerprint density at radius 1 is 1.14 bits per heavy atom. The van der Waals surface area contributed by atoms with Gasteiger partial charge in [-0.25, -0.2) is 9.97 Å². The number of rotatable bonds is 4. The first-order valence-corrected chi connectivity index (χ1v) is 10.9. The number of hydrogen-bond acceptors (Lipinski definition) is 4. The molecule has 1 aliphatic rings. The first-order chi connectivity index (χ1) is 13.6. The van der Waals surface area contributed by atoms with Gasteiger partial charge in [0.25, 0.3) is 0 Å². The molecule has 0 radical (unpaired) electrons. The number of amides is 1. The van der Waals surface area contributed by atoms with Gasteiger partial charge in [0, 0.05) is 29.1 Å². The van der Waals surface area contributed by atoms with E-state index in [2.05, 4.69) is 6.92 Å². The van der Waals surface area contributed by atoms with Crippen LogP contribution < -0.4 is 0 Å². The van der Waals surface area contributed by atoms with Crippen LogP contribution in [0.15, 0.2) is 53.6 Å². The maximum atomic E-state index is 12.7. The quantitative estimate of drug-likeness (QED) is 0.431. The Morgan fingerprint density at radius 3 is 2.64 bits per heavy atom. The van der Waals surface area contributed by atoms with Crippen LogP contribution in [0.25, 0.3) is 22.3 Å². The topological polar surface area (TPSA) is 46.1 Å². The fraction of sp³-hybridized carbons (Fsp3) is 0.318. The summed E-state index contributed by atoms with van der Waals surface area (Å²) in [7, 11) is 0. The summed E-state index contributed by atoms with van der Waals surface area (Å²) in [6.07, 6.45) is 2.17. The molecular formula is C22H22ClN3OS. The molecular weight excluding hydrogens is 390 g/mol. The number of benzene rings is 2. The molecule has 2 aromatic carbocycles. The lowest BCUT2D eigenvalue weighted by atomic mass is 9.99. The third-order valence-electron chi connectivity index (χ3n) is 5.12. The van der Waals surface area contributed by atoms with Crippen molar-refractivity contribution in [3.8, 4) is 11.4 Å². The highest BCUT2D eigenvalue weighted by Gasteiger charge is 2.21. The van der Waals surface area contributed by atoms with E-state index < -0.39 is 0 Å². The van der Waals surface area contributed by atoms with Crippen LogP contribution in [0.5, 0.6) is 0 Å². The molecule has 1 aromatic heterocycles. The molecule has 144 valence electrons. The van der Waals surface area contributed by atoms with E-state index in [1.807, 2.05) is 53.4 Å². The van der Waals surface area contributed by atoms with Gasteiger partial charge in [-0.1, -0.05) is 60.6 Å². The lowest BCUT2D eigenvalue weighted by molar-refractivity contribution is -0.129. The van der Waals surface area contributed by atoms with Crippen molar-refractivity contribution in [1.82, 2.24) is 14.9 Å². The number of halogens is 1. The second-order valence-corrected chi connectivity index (χ2v) is 8.63. The predicted molar refractivity (Wildman–Crippen MR) is 116 cm³/mol. The Labute approximate surface area is 174 Å². The fourth-order valence-corrected chi connectivity index (χ4v) is 4.46. The van der Waals surface area contributed by atoms with Gasteiger partial charge < -0.3 is 4.90 Å². The average molecular weight is 412 g/mol. The lowest BCUT2D eigenvalue weighted by Gasteiger charge is -2.30. The SMILES string of the molecule is CC1CCN(C(=O)CSc2nc(-c3ccccc3)nc3ccc(Cl)cc23)CC1. The largest absolute Gasteiger partial charge is 0.342 e. The van der Waals surface area contributed by atoms with E-state index in [1.54, 1.807) is 0 Å². The smallest absolute Gasteiger partial charge is 0.232 e. The normalized spacial score (nSPS) is 15.1. The number of aromatic nitrogens is 2. The molecule has 0 atom stereocenters. The van der Waals surface area contributed by atoms with Crippen molar-refractivity contribution in [3.05, 3.63) is 53.6 Å². The molecule has 2 heterocycles. The van der Waals surface area contributed by atoms with E-state index in [4.69, 9.17) is 21.6 Å². The standard InChI is InChI=1S/C22H22ClN3OS/c1-15-9-11-26(12-10-15)20(27)14-28-22-18-13-17(23)7-8-19(18)24-21(25-22)16-5-3-2-4-6-16/h2-8,13,15H,9-12,14H2,1H3. The lowest BCUT2D eigenvalue weighted by Crippen LogP contribution is -2.38. The van der Waals surface area contributed by atoms with Crippen molar-refractivity contribution in [1.29, 1.82) is 0 Å². The summed E-state index contributed by atoms with van der Waals surface area (Å²) in [5.41, 5.74) is 1.79. The summed E-state index contributed by atoms with van der Waals surface area (Å²) in [6, 6.07) is 15.5. The van der Waals surface area contributed by atoms with E-state index >= 15 is 0 Å². The van der Waals surface area contributed by atoms with Gasteiger partial charge in [0.15, 0.2) is 5.82 Å². The number of carbonyl (C=O) groups excluding carboxylic acids is 1. The molecule has 28 heavy (non-hydrogen) atoms. The molecule has 1 aliphatic heterocycles. The molecule has 0 saturated carbocycles. The van der Waals surface area contributed by atoms with Crippen LogP contribution in [-0.2, 0) is 4.79 Å². The number of fused-ring (bicyclic) bond motifs is 1. The molecule has 1 amide bonds. The number of nitrogens with zero attached hydrogens (tertiary/aromatic N) is 3. The van der Waals surface area contributed by atoms with Crippen LogP contribution in [0.4, 0.5) is 0 Å². The Bertz CT molecular complexity index is 988. The summed E-state index contributed by atoms with van der Waals surface area (Å²) >= 11 is 7.67. The zero-order chi connectivity index (χ0) is 19.5. The minimum atomic E-state index is 0.173. The van der Waals surface area contributed by atoms with Crippen LogP contribution in [0.2, 0.25) is 5.02 Å². The maximum absolute atomic E-state index is 12.7. The van der Waals surface area contributed by atoms with Gasteiger partial charge in [0.2, 0.25) is 5.91 Å². The predicted octanol–water partition coefficient (Wildman–Crippen LogP) is 5.30. The number of likely N-dealkylation sites (tertiary alicyclic amines) is 1. The molecule has 0 aliphatic carbocycles. The van der Waals surface area contributed by atoms with Gasteiger partial charge in [0.1, 0.15) is 5.03 Å². The molecule has 0 bridgehead atoms. The Morgan fingerprint density at radius 2 is 1.89 bits per heavy atom. The minimum absolute atomic E-state index is 0.173.